The molecule has 0 radical (unpaired) electrons. The standard InChI is InChI=1S/C43H57ClN6O6S.C39H48ClN5O7S/c1-27-8-9-29-20-33(16-18-48(2)3)56-39(29)34-13-10-31(34)22-50-25-43(17-6-7-28-19-32(44)12-14-36(28)43)26-55-38-15-11-30(21-37(38)50)40(51)46-57(53,24-27)47-41(52)35-23-49(4)45-42(35)54-5;1-23-6-7-25-17-34(46)52-35(25)29-11-8-27(29)18-45-21-39(14-4-5-24-15-28(40)10-12-31(24)39)22-51-33-13-9-26(16-32(33)45)36(47)42-53(49,20-23)43-37(48)30-19-44(2)41-38(30)50-3/h11-12,14-15,19,21,23,27,29,31,33-34,39H,6-10,13,16-18,20,22,24-26H2,1-5H3,(H,46,47,51,52,53);9-10,12-13,15-16,19,23,25,27,29,34-35,46H,4-8,11,14,17-18,20-22H2,1-3H3,(H,42,43,47,48,49)/t27-,29-,31-,33+,34+,39-,43-,57?;23-,25-,27-,29+,34?,35-,39-,53?/m00/s1. The Morgan fingerprint density at radius 1 is 0.618 bits per heavy atom. The first-order chi connectivity index (χ1) is 52.7. The second kappa shape index (κ2) is 31.9. The molecule has 2 aromatic heterocycles. The van der Waals surface area contributed by atoms with Crippen molar-refractivity contribution in [2.45, 2.75) is 158 Å². The molecule has 8 heterocycles. The third kappa shape index (κ3) is 16.3. The van der Waals surface area contributed by atoms with Gasteiger partial charge in [0.15, 0.2) is 6.29 Å². The molecule has 2 saturated heterocycles. The Morgan fingerprint density at radius 2 is 1.07 bits per heavy atom. The number of benzene rings is 4. The van der Waals surface area contributed by atoms with Gasteiger partial charge in [-0.15, -0.1) is 18.9 Å². The molecule has 4 aliphatic carbocycles. The van der Waals surface area contributed by atoms with Crippen molar-refractivity contribution in [3.05, 3.63) is 140 Å². The highest BCUT2D eigenvalue weighted by Crippen LogP contribution is 2.53. The number of aliphatic hydroxyl groups is 1. The molecule has 2 saturated carbocycles. The Morgan fingerprint density at radius 3 is 1.52 bits per heavy atom. The van der Waals surface area contributed by atoms with Crippen LogP contribution in [0, 0.1) is 47.3 Å². The SMILES string of the molecule is COc1nn(C)cc1C(=O)NS1(=O)=NC(=O)c2ccc3c(c2)N(C[C@@H]2CC[C@H]2[C@H]2OC(O)C[C@@H]2CC[C@H](C)C1)C[C@@]1(CCCc2cc(Cl)ccc21)CO3.COc1nn(C)cc1C(=O)NS1(=O)=NC(=O)c2ccc3c(c2)N(C[C@@H]2CC[C@H]2[C@H]2O[C@H](CCN(C)C)C[C@@H]2CC[C@H](C)C1)C[C@@]1(CCCc2cc(Cl)ccc21)CO3. The lowest BCUT2D eigenvalue weighted by Crippen LogP contribution is -2.50. The Kier molecular flexibility index (Phi) is 22.6. The first kappa shape index (κ1) is 78.0. The number of methoxy groups -OCH3 is 2. The number of rotatable bonds is 9. The van der Waals surface area contributed by atoms with Gasteiger partial charge in [0.1, 0.15) is 42.5 Å². The molecule has 6 aliphatic heterocycles. The quantitative estimate of drug-likeness (QED) is 0.121. The summed E-state index contributed by atoms with van der Waals surface area (Å²) in [7, 11) is 3.15. The fraction of sp³-hybridized carbons (Fsp3) is 0.585. The van der Waals surface area contributed by atoms with Crippen molar-refractivity contribution in [2.24, 2.45) is 70.2 Å². The van der Waals surface area contributed by atoms with Crippen LogP contribution in [0.1, 0.15) is 174 Å². The number of hydrogen-bond acceptors (Lipinski definition) is 18. The van der Waals surface area contributed by atoms with Crippen LogP contribution >= 0.6 is 23.2 Å². The number of amides is 4. The Labute approximate surface area is 656 Å². The van der Waals surface area contributed by atoms with E-state index in [0.29, 0.717) is 73.3 Å². The molecule has 4 amide bonds. The summed E-state index contributed by atoms with van der Waals surface area (Å²) in [5.41, 5.74) is 6.88. The molecule has 110 heavy (non-hydrogen) atoms. The van der Waals surface area contributed by atoms with E-state index in [4.69, 9.17) is 51.6 Å². The van der Waals surface area contributed by atoms with Gasteiger partial charge in [0.25, 0.3) is 23.6 Å². The van der Waals surface area contributed by atoms with Crippen LogP contribution < -0.4 is 38.2 Å². The maximum atomic E-state index is 14.9. The van der Waals surface area contributed by atoms with Gasteiger partial charge in [-0.3, -0.25) is 38.0 Å². The van der Waals surface area contributed by atoms with Gasteiger partial charge in [0.2, 0.25) is 11.8 Å². The normalized spacial score (nSPS) is 31.9. The van der Waals surface area contributed by atoms with E-state index in [2.05, 4.69) is 81.4 Å². The van der Waals surface area contributed by atoms with E-state index >= 15 is 0 Å². The summed E-state index contributed by atoms with van der Waals surface area (Å²) in [5, 5.41) is 20.6. The maximum absolute atomic E-state index is 14.9. The van der Waals surface area contributed by atoms with E-state index in [1.54, 1.807) is 32.3 Å². The minimum Gasteiger partial charge on any atom is -0.490 e. The van der Waals surface area contributed by atoms with Gasteiger partial charge in [-0.1, -0.05) is 49.2 Å². The summed E-state index contributed by atoms with van der Waals surface area (Å²) in [5.74, 6) is 0.544. The lowest BCUT2D eigenvalue weighted by molar-refractivity contribution is -0.128. The zero-order chi connectivity index (χ0) is 77.1. The van der Waals surface area contributed by atoms with Crippen LogP contribution in [0.2, 0.25) is 10.0 Å². The summed E-state index contributed by atoms with van der Waals surface area (Å²) in [6, 6.07) is 23.2. The highest BCUT2D eigenvalue weighted by Gasteiger charge is 2.51. The van der Waals surface area contributed by atoms with Gasteiger partial charge in [-0.25, -0.2) is 8.42 Å². The summed E-state index contributed by atoms with van der Waals surface area (Å²) in [6.07, 6.45) is 18.2. The molecule has 3 unspecified atom stereocenters. The monoisotopic (exact) mass is 1590 g/mol. The molecule has 24 nitrogen and oxygen atoms in total. The van der Waals surface area contributed by atoms with Gasteiger partial charge >= 0.3 is 0 Å². The second-order valence-corrected chi connectivity index (χ2v) is 38.4. The first-order valence-electron chi connectivity index (χ1n) is 39.4. The second-order valence-electron chi connectivity index (χ2n) is 33.5. The molecular formula is C82H105Cl2N11O13S2. The van der Waals surface area contributed by atoms with Crippen LogP contribution in [0.5, 0.6) is 23.3 Å². The van der Waals surface area contributed by atoms with Crippen LogP contribution in [0.15, 0.2) is 93.9 Å². The average Bonchev–Trinajstić information content (AvgIpc) is 1.51. The number of ether oxygens (including phenoxy) is 6. The van der Waals surface area contributed by atoms with Gasteiger partial charge in [-0.2, -0.15) is 0 Å². The van der Waals surface area contributed by atoms with Crippen LogP contribution in [0.25, 0.3) is 0 Å². The number of halogens is 2. The number of aromatic nitrogens is 4. The van der Waals surface area contributed by atoms with E-state index in [-0.39, 0.29) is 92.8 Å². The van der Waals surface area contributed by atoms with Crippen molar-refractivity contribution in [2.75, 3.05) is 95.6 Å². The summed E-state index contributed by atoms with van der Waals surface area (Å²) >= 11 is 13.0. The minimum absolute atomic E-state index is 0.0214. The van der Waals surface area contributed by atoms with Crippen molar-refractivity contribution in [3.63, 3.8) is 0 Å². The molecule has 3 N–H and O–H groups in total. The fourth-order valence-electron chi connectivity index (χ4n) is 19.7. The average molecular weight is 1590 g/mol. The van der Waals surface area contributed by atoms with Crippen molar-refractivity contribution in [1.29, 1.82) is 0 Å². The van der Waals surface area contributed by atoms with Crippen LogP contribution in [-0.2, 0) is 67.1 Å². The molecule has 10 aliphatic rings. The molecule has 6 aromatic rings. The minimum atomic E-state index is -3.62. The maximum Gasteiger partial charge on any atom is 0.286 e. The number of carbonyl (C=O) groups excluding carboxylic acids is 4. The summed E-state index contributed by atoms with van der Waals surface area (Å²) in [6.45, 7) is 8.90. The number of aryl methyl sites for hydroxylation is 4. The zero-order valence-electron chi connectivity index (χ0n) is 64.3. The molecule has 2 spiro atoms. The molecule has 592 valence electrons. The lowest BCUT2D eigenvalue weighted by atomic mass is 9.66. The predicted octanol–water partition coefficient (Wildman–Crippen LogP) is 12.4. The number of hydrogen-bond donors (Lipinski definition) is 3. The fourth-order valence-corrected chi connectivity index (χ4v) is 23.9. The number of nitrogens with one attached hydrogen (secondary N) is 2. The zero-order valence-corrected chi connectivity index (χ0v) is 67.5. The largest absolute Gasteiger partial charge is 0.490 e. The van der Waals surface area contributed by atoms with Gasteiger partial charge < -0.3 is 48.2 Å². The van der Waals surface area contributed by atoms with Crippen LogP contribution in [-0.4, -0.2) is 172 Å². The summed E-state index contributed by atoms with van der Waals surface area (Å²) < 4.78 is 83.8. The molecule has 4 fully saturated rings. The third-order valence-corrected chi connectivity index (χ3v) is 29.8. The van der Waals surface area contributed by atoms with Crippen molar-refractivity contribution in [1.82, 2.24) is 33.9 Å². The number of aliphatic hydroxyl groups excluding tert-OH is 1. The van der Waals surface area contributed by atoms with E-state index in [1.807, 2.05) is 44.2 Å². The number of nitrogens with zero attached hydrogens (tertiary/aromatic N) is 9. The molecule has 28 heteroatoms. The van der Waals surface area contributed by atoms with E-state index < -0.39 is 49.7 Å². The number of fused-ring (bicyclic) bond motifs is 12. The van der Waals surface area contributed by atoms with E-state index in [9.17, 15) is 32.7 Å². The van der Waals surface area contributed by atoms with Gasteiger partial charge in [0, 0.05) is 91.1 Å². The first-order valence-corrected chi connectivity index (χ1v) is 43.5. The van der Waals surface area contributed by atoms with Crippen molar-refractivity contribution >= 4 is 78.0 Å². The van der Waals surface area contributed by atoms with Crippen molar-refractivity contribution < 1.29 is 61.1 Å². The third-order valence-electron chi connectivity index (χ3n) is 25.3. The smallest absolute Gasteiger partial charge is 0.286 e. The highest BCUT2D eigenvalue weighted by molar-refractivity contribution is 7.92. The Hall–Kier alpha value is -7.30. The number of anilines is 2. The highest BCUT2D eigenvalue weighted by atomic mass is 35.5. The predicted molar refractivity (Wildman–Crippen MR) is 423 cm³/mol. The topological polar surface area (TPSA) is 272 Å². The van der Waals surface area contributed by atoms with Crippen LogP contribution in [0.3, 0.4) is 0 Å². The van der Waals surface area contributed by atoms with Gasteiger partial charge in [0.05, 0.1) is 68.6 Å². The van der Waals surface area contributed by atoms with Crippen molar-refractivity contribution in [3.8, 4) is 23.3 Å². The molecule has 4 bridgehead atoms. The Bertz CT molecular complexity index is 4770. The molecule has 16 rings (SSSR count). The van der Waals surface area contributed by atoms with E-state index in [0.717, 1.165) is 144 Å². The summed E-state index contributed by atoms with van der Waals surface area (Å²) in [4.78, 5) is 62.7. The molecule has 4 aromatic carbocycles. The number of carbonyl (C=O) groups is 4. The lowest BCUT2D eigenvalue weighted by Gasteiger charge is -2.47. The Balaban J connectivity index is 0.000000175. The molecular weight excluding hydrogens is 1480 g/mol. The van der Waals surface area contributed by atoms with Gasteiger partial charge in [-0.05, 0) is 254 Å². The molecule has 16 atom stereocenters. The van der Waals surface area contributed by atoms with Crippen LogP contribution in [0.4, 0.5) is 11.4 Å². The van der Waals surface area contributed by atoms with E-state index in [1.165, 1.54) is 58.2 Å².